The van der Waals surface area contributed by atoms with Crippen molar-refractivity contribution in [2.75, 3.05) is 5.73 Å². The molecule has 2 aliphatic rings. The topological polar surface area (TPSA) is 70.5 Å². The van der Waals surface area contributed by atoms with Crippen molar-refractivity contribution in [3.63, 3.8) is 0 Å². The Hall–Kier alpha value is -2.43. The predicted octanol–water partition coefficient (Wildman–Crippen LogP) is 3.37. The third-order valence-electron chi connectivity index (χ3n) is 3.33. The molecule has 0 bridgehead atoms. The number of nitrogen functional groups attached to an aromatic ring is 1. The van der Waals surface area contributed by atoms with Gasteiger partial charge in [-0.2, -0.15) is 0 Å². The molecule has 0 spiro atoms. The van der Waals surface area contributed by atoms with Crippen LogP contribution in [0.1, 0.15) is 31.4 Å². The number of hydrogen-bond donors (Lipinski definition) is 1. The molecule has 0 amide bonds. The van der Waals surface area contributed by atoms with E-state index in [0.717, 1.165) is 29.9 Å². The van der Waals surface area contributed by atoms with Crippen LogP contribution in [0.25, 0.3) is 0 Å². The van der Waals surface area contributed by atoms with Gasteiger partial charge in [0, 0.05) is 6.07 Å². The Labute approximate surface area is 117 Å². The number of nitrogens with zero attached hydrogens (tertiary/aromatic N) is 1. The molecule has 0 fully saturated rings. The van der Waals surface area contributed by atoms with Crippen LogP contribution in [0.3, 0.4) is 0 Å². The van der Waals surface area contributed by atoms with Crippen molar-refractivity contribution in [1.82, 2.24) is 5.16 Å². The Kier molecular flexibility index (Phi) is 3.33. The fraction of sp³-hybridized carbons (Fsp3) is 0.267. The molecule has 0 radical (unpaired) electrons. The second-order valence-electron chi connectivity index (χ2n) is 4.78. The average Bonchev–Trinajstić information content (AvgIpc) is 2.94. The standard InChI is InChI=1S/C15H16N2O3/c1-10(12-7-15(16)20-17-12)13-8-18-9-14(19-13)11-5-3-2-4-6-11/h2-3,5,7-10H,4,6,16H2,1H3. The molecule has 1 atom stereocenters. The molecule has 5 heteroatoms. The minimum absolute atomic E-state index is 0.0838. The van der Waals surface area contributed by atoms with E-state index in [2.05, 4.69) is 11.2 Å². The zero-order valence-electron chi connectivity index (χ0n) is 11.2. The first-order chi connectivity index (χ1) is 9.74. The number of ether oxygens (including phenoxy) is 2. The van der Waals surface area contributed by atoms with Crippen LogP contribution in [0.15, 0.2) is 58.4 Å². The van der Waals surface area contributed by atoms with Crippen LogP contribution in [-0.2, 0) is 9.47 Å². The summed E-state index contributed by atoms with van der Waals surface area (Å²) in [5.41, 5.74) is 7.39. The Morgan fingerprint density at radius 2 is 2.25 bits per heavy atom. The molecule has 3 rings (SSSR count). The first kappa shape index (κ1) is 12.6. The van der Waals surface area contributed by atoms with Crippen molar-refractivity contribution in [2.45, 2.75) is 25.7 Å². The van der Waals surface area contributed by atoms with Gasteiger partial charge in [-0.05, 0) is 25.3 Å². The van der Waals surface area contributed by atoms with Crippen LogP contribution >= 0.6 is 0 Å². The van der Waals surface area contributed by atoms with Gasteiger partial charge < -0.3 is 19.7 Å². The Bertz CT molecular complexity index is 623. The lowest BCUT2D eigenvalue weighted by atomic mass is 10.0. The zero-order chi connectivity index (χ0) is 13.9. The lowest BCUT2D eigenvalue weighted by Gasteiger charge is -2.22. The minimum Gasteiger partial charge on any atom is -0.465 e. The molecule has 1 unspecified atom stereocenters. The molecular formula is C15H16N2O3. The van der Waals surface area contributed by atoms with Crippen LogP contribution in [0.2, 0.25) is 0 Å². The molecule has 1 aliphatic heterocycles. The number of anilines is 1. The van der Waals surface area contributed by atoms with Crippen molar-refractivity contribution in [3.05, 3.63) is 59.6 Å². The number of hydrogen-bond acceptors (Lipinski definition) is 5. The summed E-state index contributed by atoms with van der Waals surface area (Å²) >= 11 is 0. The molecule has 20 heavy (non-hydrogen) atoms. The monoisotopic (exact) mass is 272 g/mol. The number of allylic oxidation sites excluding steroid dienone is 5. The summed E-state index contributed by atoms with van der Waals surface area (Å²) in [5.74, 6) is 1.64. The summed E-state index contributed by atoms with van der Waals surface area (Å²) in [6.07, 6.45) is 11.4. The highest BCUT2D eigenvalue weighted by molar-refractivity contribution is 5.35. The average molecular weight is 272 g/mol. The van der Waals surface area contributed by atoms with E-state index in [1.807, 2.05) is 19.1 Å². The number of rotatable bonds is 3. The first-order valence-electron chi connectivity index (χ1n) is 6.56. The van der Waals surface area contributed by atoms with E-state index in [1.54, 1.807) is 18.6 Å². The maximum Gasteiger partial charge on any atom is 0.222 e. The molecule has 0 aromatic carbocycles. The van der Waals surface area contributed by atoms with Gasteiger partial charge in [0.05, 0.1) is 11.6 Å². The lowest BCUT2D eigenvalue weighted by Crippen LogP contribution is -2.09. The lowest BCUT2D eigenvalue weighted by molar-refractivity contribution is 0.211. The van der Waals surface area contributed by atoms with Gasteiger partial charge in [-0.25, -0.2) is 0 Å². The molecule has 1 aromatic heterocycles. The normalized spacial score (nSPS) is 19.4. The largest absolute Gasteiger partial charge is 0.465 e. The third-order valence-corrected chi connectivity index (χ3v) is 3.33. The van der Waals surface area contributed by atoms with Crippen LogP contribution in [-0.4, -0.2) is 5.16 Å². The highest BCUT2D eigenvalue weighted by Gasteiger charge is 2.23. The summed E-state index contributed by atoms with van der Waals surface area (Å²) in [7, 11) is 0. The van der Waals surface area contributed by atoms with Gasteiger partial charge in [0.1, 0.15) is 18.3 Å². The van der Waals surface area contributed by atoms with Crippen LogP contribution in [0.4, 0.5) is 5.88 Å². The van der Waals surface area contributed by atoms with Crippen LogP contribution < -0.4 is 5.73 Å². The quantitative estimate of drug-likeness (QED) is 0.913. The highest BCUT2D eigenvalue weighted by atomic mass is 16.5. The SMILES string of the molecule is CC(C1=COC=C(C2=CC=CCC2)O1)c1cc(N)on1. The fourth-order valence-electron chi connectivity index (χ4n) is 2.13. The van der Waals surface area contributed by atoms with Crippen molar-refractivity contribution >= 4 is 5.88 Å². The van der Waals surface area contributed by atoms with E-state index in [0.29, 0.717) is 11.6 Å². The van der Waals surface area contributed by atoms with Gasteiger partial charge in [-0.15, -0.1) is 0 Å². The summed E-state index contributed by atoms with van der Waals surface area (Å²) in [6.45, 7) is 1.96. The van der Waals surface area contributed by atoms with Gasteiger partial charge in [-0.3, -0.25) is 0 Å². The minimum atomic E-state index is -0.0838. The maximum atomic E-state index is 5.92. The molecule has 5 nitrogen and oxygen atoms in total. The Morgan fingerprint density at radius 3 is 2.95 bits per heavy atom. The molecule has 1 aliphatic carbocycles. The van der Waals surface area contributed by atoms with E-state index < -0.39 is 0 Å². The van der Waals surface area contributed by atoms with Crippen LogP contribution in [0.5, 0.6) is 0 Å². The van der Waals surface area contributed by atoms with Gasteiger partial charge in [0.15, 0.2) is 5.76 Å². The van der Waals surface area contributed by atoms with E-state index >= 15 is 0 Å². The van der Waals surface area contributed by atoms with Crippen molar-refractivity contribution in [3.8, 4) is 0 Å². The van der Waals surface area contributed by atoms with Gasteiger partial charge in [-0.1, -0.05) is 23.4 Å². The molecule has 1 aromatic rings. The Morgan fingerprint density at radius 1 is 1.35 bits per heavy atom. The number of aromatic nitrogens is 1. The van der Waals surface area contributed by atoms with Crippen molar-refractivity contribution in [2.24, 2.45) is 0 Å². The van der Waals surface area contributed by atoms with E-state index in [4.69, 9.17) is 19.7 Å². The summed E-state index contributed by atoms with van der Waals surface area (Å²) < 4.78 is 16.2. The van der Waals surface area contributed by atoms with Crippen molar-refractivity contribution < 1.29 is 14.0 Å². The molecule has 0 saturated heterocycles. The molecular weight excluding hydrogens is 256 g/mol. The summed E-state index contributed by atoms with van der Waals surface area (Å²) in [5, 5.41) is 3.91. The van der Waals surface area contributed by atoms with Crippen molar-refractivity contribution in [1.29, 1.82) is 0 Å². The molecule has 2 heterocycles. The van der Waals surface area contributed by atoms with E-state index in [1.165, 1.54) is 0 Å². The fourth-order valence-corrected chi connectivity index (χ4v) is 2.13. The zero-order valence-corrected chi connectivity index (χ0v) is 11.2. The molecule has 0 saturated carbocycles. The summed E-state index contributed by atoms with van der Waals surface area (Å²) in [6, 6.07) is 1.69. The van der Waals surface area contributed by atoms with Gasteiger partial charge >= 0.3 is 0 Å². The maximum absolute atomic E-state index is 5.92. The third kappa shape index (κ3) is 2.47. The highest BCUT2D eigenvalue weighted by Crippen LogP contribution is 2.32. The molecule has 104 valence electrons. The smallest absolute Gasteiger partial charge is 0.222 e. The predicted molar refractivity (Wildman–Crippen MR) is 74.1 cm³/mol. The van der Waals surface area contributed by atoms with Crippen LogP contribution in [0, 0.1) is 0 Å². The number of nitrogens with two attached hydrogens (primary N) is 1. The van der Waals surface area contributed by atoms with Gasteiger partial charge in [0.25, 0.3) is 0 Å². The van der Waals surface area contributed by atoms with E-state index in [-0.39, 0.29) is 5.92 Å². The van der Waals surface area contributed by atoms with E-state index in [9.17, 15) is 0 Å². The second-order valence-corrected chi connectivity index (χ2v) is 4.78. The summed E-state index contributed by atoms with van der Waals surface area (Å²) in [4.78, 5) is 0. The Balaban J connectivity index is 1.75. The first-order valence-corrected chi connectivity index (χ1v) is 6.56. The molecule has 2 N–H and O–H groups in total. The van der Waals surface area contributed by atoms with Gasteiger partial charge in [0.2, 0.25) is 5.88 Å². The second kappa shape index (κ2) is 5.28.